The van der Waals surface area contributed by atoms with Crippen molar-refractivity contribution in [2.45, 2.75) is 148 Å². The van der Waals surface area contributed by atoms with Crippen molar-refractivity contribution < 1.29 is 14.0 Å². The summed E-state index contributed by atoms with van der Waals surface area (Å²) < 4.78 is 14.2. The molecule has 0 radical (unpaired) electrons. The number of rotatable bonds is 23. The molecule has 3 aromatic carbocycles. The Kier molecular flexibility index (Phi) is 17.2. The molecule has 3 rings (SSSR count). The van der Waals surface area contributed by atoms with E-state index in [-0.39, 0.29) is 11.1 Å². The second-order valence-corrected chi connectivity index (χ2v) is 23.2. The summed E-state index contributed by atoms with van der Waals surface area (Å²) >= 11 is 0. The molecule has 0 aliphatic carbocycles. The second kappa shape index (κ2) is 20.5. The standard InChI is InChI=1S/C42H66O3Si2/c1-7-8-9-10-11-12-13-14-15-16-17-18-28-35-41(40(43)36-44-46(5,6)42(2,3)4)45-47(37-29-22-19-23-30-37,38-31-24-20-25-32-38)39-33-26-21-27-34-39/h19-27,29-34,40-41,43H,7-18,28,35-36H2,1-6H3/t40-,41+/m1/s1. The number of aliphatic hydroxyl groups is 1. The summed E-state index contributed by atoms with van der Waals surface area (Å²) in [4.78, 5) is 0. The highest BCUT2D eigenvalue weighted by molar-refractivity contribution is 7.07. The van der Waals surface area contributed by atoms with E-state index < -0.39 is 22.7 Å². The number of benzene rings is 3. The van der Waals surface area contributed by atoms with E-state index in [2.05, 4.69) is 132 Å². The smallest absolute Gasteiger partial charge is 0.288 e. The Hall–Kier alpha value is -2.03. The normalized spacial score (nSPS) is 13.9. The zero-order valence-corrected chi connectivity index (χ0v) is 32.7. The van der Waals surface area contributed by atoms with Crippen LogP contribution in [0.5, 0.6) is 0 Å². The van der Waals surface area contributed by atoms with Gasteiger partial charge in [-0.1, -0.05) is 202 Å². The van der Waals surface area contributed by atoms with Crippen LogP contribution in [0.4, 0.5) is 0 Å². The Labute approximate surface area is 290 Å². The van der Waals surface area contributed by atoms with Crippen molar-refractivity contribution in [1.29, 1.82) is 0 Å². The third-order valence-electron chi connectivity index (χ3n) is 10.3. The maximum atomic E-state index is 11.9. The molecule has 0 bridgehead atoms. The van der Waals surface area contributed by atoms with Crippen molar-refractivity contribution in [3.8, 4) is 0 Å². The fourth-order valence-electron chi connectivity index (χ4n) is 6.26. The lowest BCUT2D eigenvalue weighted by atomic mass is 10.0. The summed E-state index contributed by atoms with van der Waals surface area (Å²) in [6, 6.07) is 32.2. The second-order valence-electron chi connectivity index (χ2n) is 15.1. The van der Waals surface area contributed by atoms with Crippen molar-refractivity contribution in [2.75, 3.05) is 6.61 Å². The first kappa shape index (κ1) is 39.4. The molecule has 0 amide bonds. The Morgan fingerprint density at radius 2 is 0.936 bits per heavy atom. The maximum Gasteiger partial charge on any atom is 0.288 e. The molecular weight excluding hydrogens is 609 g/mol. The van der Waals surface area contributed by atoms with Gasteiger partial charge in [-0.25, -0.2) is 0 Å². The number of unbranched alkanes of at least 4 members (excludes halogenated alkanes) is 12. The van der Waals surface area contributed by atoms with Crippen LogP contribution in [-0.4, -0.2) is 40.6 Å². The first-order valence-electron chi connectivity index (χ1n) is 18.8. The molecule has 0 aliphatic rings. The van der Waals surface area contributed by atoms with Crippen molar-refractivity contribution in [1.82, 2.24) is 0 Å². The van der Waals surface area contributed by atoms with Crippen LogP contribution >= 0.6 is 0 Å². The van der Waals surface area contributed by atoms with Crippen LogP contribution in [0.3, 0.4) is 0 Å². The van der Waals surface area contributed by atoms with Gasteiger partial charge in [-0.15, -0.1) is 0 Å². The van der Waals surface area contributed by atoms with E-state index in [1.54, 1.807) is 0 Å². The van der Waals surface area contributed by atoms with Crippen LogP contribution in [0, 0.1) is 0 Å². The van der Waals surface area contributed by atoms with Crippen molar-refractivity contribution in [2.24, 2.45) is 0 Å². The highest BCUT2D eigenvalue weighted by atomic mass is 28.4. The molecule has 3 nitrogen and oxygen atoms in total. The van der Waals surface area contributed by atoms with E-state index in [0.29, 0.717) is 6.61 Å². The molecule has 3 aromatic rings. The number of hydrogen-bond donors (Lipinski definition) is 1. The lowest BCUT2D eigenvalue weighted by Gasteiger charge is -2.40. The summed E-state index contributed by atoms with van der Waals surface area (Å²) in [5.41, 5.74) is 0. The molecule has 0 spiro atoms. The predicted octanol–water partition coefficient (Wildman–Crippen LogP) is 9.90. The maximum absolute atomic E-state index is 11.9. The molecule has 260 valence electrons. The third-order valence-corrected chi connectivity index (χ3v) is 18.9. The SMILES string of the molecule is CCCCCCCCCCCCCCC[C@H](O[Si](c1ccccc1)(c1ccccc1)c1ccccc1)[C@H](O)CO[Si](C)(C)C(C)(C)C. The van der Waals surface area contributed by atoms with Crippen LogP contribution in [0.2, 0.25) is 18.1 Å². The molecule has 0 aromatic heterocycles. The van der Waals surface area contributed by atoms with Crippen LogP contribution in [0.1, 0.15) is 118 Å². The van der Waals surface area contributed by atoms with Gasteiger partial charge in [-0.05, 0) is 40.1 Å². The van der Waals surface area contributed by atoms with E-state index in [9.17, 15) is 5.11 Å². The zero-order chi connectivity index (χ0) is 34.0. The van der Waals surface area contributed by atoms with Gasteiger partial charge in [0.05, 0.1) is 12.7 Å². The first-order chi connectivity index (χ1) is 22.6. The number of hydrogen-bond acceptors (Lipinski definition) is 3. The average molecular weight is 675 g/mol. The molecule has 2 atom stereocenters. The molecule has 5 heteroatoms. The molecule has 0 heterocycles. The molecule has 47 heavy (non-hydrogen) atoms. The minimum atomic E-state index is -2.97. The van der Waals surface area contributed by atoms with E-state index >= 15 is 0 Å². The Bertz CT molecular complexity index is 1110. The largest absolute Gasteiger partial charge is 0.414 e. The van der Waals surface area contributed by atoms with E-state index in [4.69, 9.17) is 8.85 Å². The van der Waals surface area contributed by atoms with E-state index in [0.717, 1.165) is 12.8 Å². The molecule has 0 unspecified atom stereocenters. The van der Waals surface area contributed by atoms with Crippen LogP contribution < -0.4 is 15.6 Å². The van der Waals surface area contributed by atoms with Crippen molar-refractivity contribution in [3.05, 3.63) is 91.0 Å². The van der Waals surface area contributed by atoms with E-state index in [1.165, 1.54) is 92.6 Å². The molecule has 1 N–H and O–H groups in total. The van der Waals surface area contributed by atoms with Crippen molar-refractivity contribution in [3.63, 3.8) is 0 Å². The first-order valence-corrected chi connectivity index (χ1v) is 23.6. The van der Waals surface area contributed by atoms with Crippen molar-refractivity contribution >= 4 is 32.2 Å². The van der Waals surface area contributed by atoms with Gasteiger partial charge < -0.3 is 14.0 Å². The van der Waals surface area contributed by atoms with Crippen LogP contribution in [0.25, 0.3) is 0 Å². The Balaban J connectivity index is 1.76. The molecule has 0 fully saturated rings. The van der Waals surface area contributed by atoms with Crippen LogP contribution in [-0.2, 0) is 8.85 Å². The Morgan fingerprint density at radius 1 is 0.574 bits per heavy atom. The van der Waals surface area contributed by atoms with Gasteiger partial charge in [0.2, 0.25) is 0 Å². The van der Waals surface area contributed by atoms with Gasteiger partial charge in [0.1, 0.15) is 6.10 Å². The highest BCUT2D eigenvalue weighted by Gasteiger charge is 2.45. The predicted molar refractivity (Wildman–Crippen MR) is 208 cm³/mol. The fraction of sp³-hybridized carbons (Fsp3) is 0.571. The molecular formula is C42H66O3Si2. The van der Waals surface area contributed by atoms with Gasteiger partial charge in [-0.3, -0.25) is 0 Å². The van der Waals surface area contributed by atoms with Gasteiger partial charge in [0.25, 0.3) is 8.32 Å². The lowest BCUT2D eigenvalue weighted by molar-refractivity contribution is -0.00366. The summed E-state index contributed by atoms with van der Waals surface area (Å²) in [7, 11) is -5.01. The average Bonchev–Trinajstić information content (AvgIpc) is 3.08. The van der Waals surface area contributed by atoms with Gasteiger partial charge >= 0.3 is 0 Å². The summed E-state index contributed by atoms with van der Waals surface area (Å²) in [6.45, 7) is 13.9. The van der Waals surface area contributed by atoms with Gasteiger partial charge in [0.15, 0.2) is 8.32 Å². The van der Waals surface area contributed by atoms with Crippen LogP contribution in [0.15, 0.2) is 91.0 Å². The quantitative estimate of drug-likeness (QED) is 0.0618. The van der Waals surface area contributed by atoms with E-state index in [1.807, 2.05) is 0 Å². The monoisotopic (exact) mass is 674 g/mol. The zero-order valence-electron chi connectivity index (χ0n) is 30.7. The minimum Gasteiger partial charge on any atom is -0.414 e. The third kappa shape index (κ3) is 12.4. The summed E-state index contributed by atoms with van der Waals surface area (Å²) in [5.74, 6) is 0. The fourth-order valence-corrected chi connectivity index (χ4v) is 11.4. The minimum absolute atomic E-state index is 0.0781. The topological polar surface area (TPSA) is 38.7 Å². The lowest BCUT2D eigenvalue weighted by Crippen LogP contribution is -2.71. The van der Waals surface area contributed by atoms with Gasteiger partial charge in [0, 0.05) is 0 Å². The highest BCUT2D eigenvalue weighted by Crippen LogP contribution is 2.36. The summed E-state index contributed by atoms with van der Waals surface area (Å²) in [5, 5.41) is 15.6. The van der Waals surface area contributed by atoms with Gasteiger partial charge in [-0.2, -0.15) is 0 Å². The molecule has 0 saturated heterocycles. The summed E-state index contributed by atoms with van der Waals surface area (Å²) in [6.07, 6.45) is 17.0. The molecule has 0 saturated carbocycles. The number of aliphatic hydroxyl groups excluding tert-OH is 1. The Morgan fingerprint density at radius 3 is 1.30 bits per heavy atom. The molecule has 0 aliphatic heterocycles.